The summed E-state index contributed by atoms with van der Waals surface area (Å²) in [5.74, 6) is -0.0918. The second kappa shape index (κ2) is 5.96. The second-order valence-corrected chi connectivity index (χ2v) is 5.20. The third kappa shape index (κ3) is 3.08. The Morgan fingerprint density at radius 2 is 2.13 bits per heavy atom. The third-order valence-corrected chi connectivity index (χ3v) is 3.55. The van der Waals surface area contributed by atoms with Crippen LogP contribution in [-0.4, -0.2) is 23.4 Å². The first-order valence-corrected chi connectivity index (χ1v) is 7.10. The predicted octanol–water partition coefficient (Wildman–Crippen LogP) is 1.20. The summed E-state index contributed by atoms with van der Waals surface area (Å²) in [5, 5.41) is 5.48. The molecule has 1 aromatic carbocycles. The molecule has 0 saturated carbocycles. The van der Waals surface area contributed by atoms with Crippen LogP contribution in [0.1, 0.15) is 28.9 Å². The van der Waals surface area contributed by atoms with Gasteiger partial charge in [-0.3, -0.25) is 14.4 Å². The van der Waals surface area contributed by atoms with Crippen molar-refractivity contribution < 1.29 is 14.3 Å². The molecule has 0 radical (unpaired) electrons. The van der Waals surface area contributed by atoms with Crippen LogP contribution in [0.4, 0.5) is 5.69 Å². The highest BCUT2D eigenvalue weighted by molar-refractivity contribution is 5.96. The van der Waals surface area contributed by atoms with Crippen LogP contribution in [0.3, 0.4) is 0 Å². The van der Waals surface area contributed by atoms with E-state index in [2.05, 4.69) is 15.6 Å². The quantitative estimate of drug-likeness (QED) is 0.792. The maximum atomic E-state index is 12.2. The molecular formula is C16H15N3O4. The lowest BCUT2D eigenvalue weighted by molar-refractivity contribution is -0.118. The van der Waals surface area contributed by atoms with E-state index in [0.717, 1.165) is 5.56 Å². The van der Waals surface area contributed by atoms with Crippen LogP contribution in [0.15, 0.2) is 41.3 Å². The van der Waals surface area contributed by atoms with Crippen LogP contribution >= 0.6 is 0 Å². The summed E-state index contributed by atoms with van der Waals surface area (Å²) >= 11 is 0. The van der Waals surface area contributed by atoms with Gasteiger partial charge in [0.1, 0.15) is 11.3 Å². The first-order valence-electron chi connectivity index (χ1n) is 7.10. The number of anilines is 1. The highest BCUT2D eigenvalue weighted by atomic mass is 16.5. The van der Waals surface area contributed by atoms with E-state index in [1.54, 1.807) is 31.2 Å². The van der Waals surface area contributed by atoms with Crippen molar-refractivity contribution in [1.29, 1.82) is 0 Å². The summed E-state index contributed by atoms with van der Waals surface area (Å²) in [4.78, 5) is 37.6. The maximum Gasteiger partial charge on any atom is 0.262 e. The van der Waals surface area contributed by atoms with Gasteiger partial charge < -0.3 is 20.4 Å². The van der Waals surface area contributed by atoms with Gasteiger partial charge in [0.05, 0.1) is 11.7 Å². The molecule has 2 aromatic rings. The highest BCUT2D eigenvalue weighted by Crippen LogP contribution is 2.30. The molecule has 0 unspecified atom stereocenters. The topological polar surface area (TPSA) is 100 Å². The van der Waals surface area contributed by atoms with Crippen molar-refractivity contribution in [2.24, 2.45) is 0 Å². The van der Waals surface area contributed by atoms with E-state index < -0.39 is 11.5 Å². The molecule has 0 aliphatic carbocycles. The summed E-state index contributed by atoms with van der Waals surface area (Å²) in [6, 6.07) is 7.99. The molecule has 0 bridgehead atoms. The highest BCUT2D eigenvalue weighted by Gasteiger charge is 2.19. The summed E-state index contributed by atoms with van der Waals surface area (Å²) in [5.41, 5.74) is 0.963. The van der Waals surface area contributed by atoms with Crippen LogP contribution in [0.5, 0.6) is 5.75 Å². The average molecular weight is 313 g/mol. The van der Waals surface area contributed by atoms with E-state index in [-0.39, 0.29) is 24.1 Å². The normalized spacial score (nSPS) is 14.2. The van der Waals surface area contributed by atoms with Crippen molar-refractivity contribution in [3.63, 3.8) is 0 Å². The van der Waals surface area contributed by atoms with Crippen molar-refractivity contribution in [2.45, 2.75) is 13.0 Å². The van der Waals surface area contributed by atoms with Crippen LogP contribution in [0.2, 0.25) is 0 Å². The number of hydrogen-bond donors (Lipinski definition) is 3. The Morgan fingerprint density at radius 3 is 2.91 bits per heavy atom. The zero-order chi connectivity index (χ0) is 16.4. The van der Waals surface area contributed by atoms with E-state index >= 15 is 0 Å². The summed E-state index contributed by atoms with van der Waals surface area (Å²) < 4.78 is 5.29. The molecule has 1 aliphatic rings. The third-order valence-electron chi connectivity index (χ3n) is 3.55. The van der Waals surface area contributed by atoms with Crippen molar-refractivity contribution in [1.82, 2.24) is 10.3 Å². The molecule has 0 fully saturated rings. The van der Waals surface area contributed by atoms with Gasteiger partial charge in [-0.05, 0) is 36.8 Å². The summed E-state index contributed by atoms with van der Waals surface area (Å²) in [7, 11) is 0. The zero-order valence-electron chi connectivity index (χ0n) is 12.4. The lowest BCUT2D eigenvalue weighted by atomic mass is 10.1. The number of pyridine rings is 1. The number of H-pyrrole nitrogens is 1. The number of nitrogens with one attached hydrogen (secondary N) is 3. The number of benzene rings is 1. The van der Waals surface area contributed by atoms with Gasteiger partial charge >= 0.3 is 0 Å². The van der Waals surface area contributed by atoms with Crippen molar-refractivity contribution in [2.75, 3.05) is 11.9 Å². The molecule has 0 saturated heterocycles. The zero-order valence-corrected chi connectivity index (χ0v) is 12.4. The SMILES string of the molecule is C[C@H](NC(=O)c1ccc[nH]c1=O)c1ccc2c(c1)NC(=O)CO2. The predicted molar refractivity (Wildman–Crippen MR) is 83.5 cm³/mol. The fourth-order valence-electron chi connectivity index (χ4n) is 2.33. The first-order chi connectivity index (χ1) is 11.0. The minimum Gasteiger partial charge on any atom is -0.482 e. The Bertz CT molecular complexity index is 828. The van der Waals surface area contributed by atoms with Gasteiger partial charge in [0.2, 0.25) is 0 Å². The molecule has 0 spiro atoms. The van der Waals surface area contributed by atoms with Gasteiger partial charge in [0.25, 0.3) is 17.4 Å². The van der Waals surface area contributed by atoms with Gasteiger partial charge in [0.15, 0.2) is 6.61 Å². The number of fused-ring (bicyclic) bond motifs is 1. The molecule has 7 heteroatoms. The molecule has 1 aliphatic heterocycles. The van der Waals surface area contributed by atoms with Gasteiger partial charge in [-0.2, -0.15) is 0 Å². The molecule has 1 atom stereocenters. The van der Waals surface area contributed by atoms with E-state index in [1.807, 2.05) is 0 Å². The number of hydrogen-bond acceptors (Lipinski definition) is 4. The Morgan fingerprint density at radius 1 is 1.30 bits per heavy atom. The van der Waals surface area contributed by atoms with E-state index in [0.29, 0.717) is 11.4 Å². The molecule has 2 amide bonds. The first kappa shape index (κ1) is 14.8. The van der Waals surface area contributed by atoms with Gasteiger partial charge in [-0.1, -0.05) is 6.07 Å². The molecule has 7 nitrogen and oxygen atoms in total. The van der Waals surface area contributed by atoms with Crippen molar-refractivity contribution >= 4 is 17.5 Å². The number of aromatic amines is 1. The number of rotatable bonds is 3. The number of carbonyl (C=O) groups excluding carboxylic acids is 2. The van der Waals surface area contributed by atoms with Crippen LogP contribution < -0.4 is 20.9 Å². The average Bonchev–Trinajstić information content (AvgIpc) is 2.54. The van der Waals surface area contributed by atoms with Gasteiger partial charge in [-0.15, -0.1) is 0 Å². The lowest BCUT2D eigenvalue weighted by Crippen LogP contribution is -2.31. The fourth-order valence-corrected chi connectivity index (χ4v) is 2.33. The Labute approximate surface area is 131 Å². The maximum absolute atomic E-state index is 12.2. The van der Waals surface area contributed by atoms with E-state index in [9.17, 15) is 14.4 Å². The summed E-state index contributed by atoms with van der Waals surface area (Å²) in [6.45, 7) is 1.79. The monoisotopic (exact) mass is 313 g/mol. The standard InChI is InChI=1S/C16H15N3O4/c1-9(18-16(22)11-3-2-6-17-15(11)21)10-4-5-13-12(7-10)19-14(20)8-23-13/h2-7,9H,8H2,1H3,(H,17,21)(H,18,22)(H,19,20)/t9-/m0/s1. The van der Waals surface area contributed by atoms with E-state index in [1.165, 1.54) is 12.3 Å². The minimum atomic E-state index is -0.461. The molecule has 118 valence electrons. The number of ether oxygens (including phenoxy) is 1. The number of carbonyl (C=O) groups is 2. The number of aromatic nitrogens is 1. The molecule has 2 heterocycles. The minimum absolute atomic E-state index is 0.00454. The Kier molecular flexibility index (Phi) is 3.84. The van der Waals surface area contributed by atoms with Crippen molar-refractivity contribution in [3.05, 3.63) is 58.0 Å². The summed E-state index contributed by atoms with van der Waals surface area (Å²) in [6.07, 6.45) is 1.47. The smallest absolute Gasteiger partial charge is 0.262 e. The molecule has 3 N–H and O–H groups in total. The molecule has 23 heavy (non-hydrogen) atoms. The van der Waals surface area contributed by atoms with Crippen LogP contribution in [0, 0.1) is 0 Å². The van der Waals surface area contributed by atoms with Crippen LogP contribution in [-0.2, 0) is 4.79 Å². The second-order valence-electron chi connectivity index (χ2n) is 5.20. The molecule has 1 aromatic heterocycles. The van der Waals surface area contributed by atoms with Gasteiger partial charge in [0, 0.05) is 6.20 Å². The Hall–Kier alpha value is -3.09. The van der Waals surface area contributed by atoms with Crippen molar-refractivity contribution in [3.8, 4) is 5.75 Å². The molecular weight excluding hydrogens is 298 g/mol. The lowest BCUT2D eigenvalue weighted by Gasteiger charge is -2.20. The largest absolute Gasteiger partial charge is 0.482 e. The Balaban J connectivity index is 1.78. The van der Waals surface area contributed by atoms with Crippen LogP contribution in [0.25, 0.3) is 0 Å². The molecule has 3 rings (SSSR count). The number of amides is 2. The van der Waals surface area contributed by atoms with Gasteiger partial charge in [-0.25, -0.2) is 0 Å². The van der Waals surface area contributed by atoms with E-state index in [4.69, 9.17) is 4.74 Å². The fraction of sp³-hybridized carbons (Fsp3) is 0.188.